The molecule has 0 saturated heterocycles. The second-order valence-corrected chi connectivity index (χ2v) is 7.14. The highest BCUT2D eigenvalue weighted by atomic mass is 16.4. The Balaban J connectivity index is 1.79. The lowest BCUT2D eigenvalue weighted by atomic mass is 9.89. The number of aliphatic carboxylic acids is 1. The van der Waals surface area contributed by atoms with Crippen molar-refractivity contribution >= 4 is 22.8 Å². The zero-order valence-electron chi connectivity index (χ0n) is 15.3. The predicted molar refractivity (Wildman–Crippen MR) is 102 cm³/mol. The molecule has 2 N–H and O–H groups in total. The Hall–Kier alpha value is -2.70. The summed E-state index contributed by atoms with van der Waals surface area (Å²) in [6.45, 7) is 0.484. The van der Waals surface area contributed by atoms with Crippen LogP contribution in [0.25, 0.3) is 10.9 Å². The van der Waals surface area contributed by atoms with E-state index in [-0.39, 0.29) is 30.9 Å². The lowest BCUT2D eigenvalue weighted by molar-refractivity contribution is -0.137. The van der Waals surface area contributed by atoms with Crippen LogP contribution in [-0.2, 0) is 22.6 Å². The van der Waals surface area contributed by atoms with E-state index in [9.17, 15) is 14.4 Å². The van der Waals surface area contributed by atoms with Crippen LogP contribution in [0, 0.1) is 5.92 Å². The number of para-hydroxylation sites is 1. The maximum absolute atomic E-state index is 12.8. The highest BCUT2D eigenvalue weighted by Gasteiger charge is 2.17. The van der Waals surface area contributed by atoms with Crippen LogP contribution in [0.2, 0.25) is 0 Å². The minimum Gasteiger partial charge on any atom is -0.481 e. The number of rotatable bonds is 7. The Morgan fingerprint density at radius 2 is 1.93 bits per heavy atom. The van der Waals surface area contributed by atoms with Crippen LogP contribution in [0.3, 0.4) is 0 Å². The standard InChI is InChI=1S/C20H25N3O4/c24-18(21-12-14-6-2-1-3-7-14)13-23-17(10-11-19(25)26)22-16-9-5-4-8-15(16)20(23)27/h4-5,8-9,14H,1-3,6-7,10-13H2,(H,21,24)(H,25,26). The summed E-state index contributed by atoms with van der Waals surface area (Å²) in [5, 5.41) is 12.3. The van der Waals surface area contributed by atoms with Crippen LogP contribution in [0.15, 0.2) is 29.1 Å². The van der Waals surface area contributed by atoms with E-state index in [0.29, 0.717) is 29.2 Å². The normalized spacial score (nSPS) is 15.0. The predicted octanol–water partition coefficient (Wildman–Crippen LogP) is 2.11. The van der Waals surface area contributed by atoms with Gasteiger partial charge in [0, 0.05) is 13.0 Å². The van der Waals surface area contributed by atoms with E-state index < -0.39 is 5.97 Å². The van der Waals surface area contributed by atoms with E-state index in [1.807, 2.05) is 0 Å². The number of amides is 1. The van der Waals surface area contributed by atoms with E-state index in [0.717, 1.165) is 12.8 Å². The van der Waals surface area contributed by atoms with Gasteiger partial charge in [0.1, 0.15) is 12.4 Å². The van der Waals surface area contributed by atoms with Gasteiger partial charge in [-0.1, -0.05) is 31.4 Å². The Bertz CT molecular complexity index is 884. The molecule has 0 atom stereocenters. The van der Waals surface area contributed by atoms with Gasteiger partial charge in [0.2, 0.25) is 5.91 Å². The maximum Gasteiger partial charge on any atom is 0.303 e. The van der Waals surface area contributed by atoms with Crippen LogP contribution in [-0.4, -0.2) is 33.1 Å². The van der Waals surface area contributed by atoms with Crippen LogP contribution < -0.4 is 10.9 Å². The Kier molecular flexibility index (Phi) is 6.21. The number of fused-ring (bicyclic) bond motifs is 1. The highest BCUT2D eigenvalue weighted by molar-refractivity contribution is 5.79. The van der Waals surface area contributed by atoms with Gasteiger partial charge in [-0.3, -0.25) is 19.0 Å². The minimum absolute atomic E-state index is 0.102. The molecular weight excluding hydrogens is 346 g/mol. The van der Waals surface area contributed by atoms with Gasteiger partial charge in [-0.25, -0.2) is 4.98 Å². The van der Waals surface area contributed by atoms with Gasteiger partial charge in [0.25, 0.3) is 5.56 Å². The number of carboxylic acid groups (broad SMARTS) is 1. The van der Waals surface area contributed by atoms with Crippen molar-refractivity contribution in [2.45, 2.75) is 51.5 Å². The van der Waals surface area contributed by atoms with E-state index in [1.54, 1.807) is 24.3 Å². The summed E-state index contributed by atoms with van der Waals surface area (Å²) in [6, 6.07) is 6.91. The van der Waals surface area contributed by atoms with Gasteiger partial charge in [0.05, 0.1) is 17.3 Å². The maximum atomic E-state index is 12.8. The molecule has 1 aromatic heterocycles. The van der Waals surface area contributed by atoms with Crippen molar-refractivity contribution < 1.29 is 14.7 Å². The van der Waals surface area contributed by atoms with E-state index in [2.05, 4.69) is 10.3 Å². The number of benzene rings is 1. The molecule has 1 fully saturated rings. The first kappa shape index (κ1) is 19.1. The fraction of sp³-hybridized carbons (Fsp3) is 0.500. The van der Waals surface area contributed by atoms with E-state index in [4.69, 9.17) is 5.11 Å². The molecule has 0 aliphatic heterocycles. The van der Waals surface area contributed by atoms with Gasteiger partial charge in [0.15, 0.2) is 0 Å². The molecule has 0 radical (unpaired) electrons. The second kappa shape index (κ2) is 8.79. The first-order valence-electron chi connectivity index (χ1n) is 9.51. The fourth-order valence-electron chi connectivity index (χ4n) is 3.64. The Morgan fingerprint density at radius 1 is 1.19 bits per heavy atom. The van der Waals surface area contributed by atoms with Crippen molar-refractivity contribution in [3.05, 3.63) is 40.4 Å². The number of hydrogen-bond donors (Lipinski definition) is 2. The molecule has 2 aromatic rings. The van der Waals surface area contributed by atoms with Crippen molar-refractivity contribution in [3.63, 3.8) is 0 Å². The van der Waals surface area contributed by atoms with Crippen molar-refractivity contribution in [3.8, 4) is 0 Å². The topological polar surface area (TPSA) is 101 Å². The summed E-state index contributed by atoms with van der Waals surface area (Å²) in [5.41, 5.74) is 0.204. The number of carbonyl (C=O) groups is 2. The third-order valence-electron chi connectivity index (χ3n) is 5.12. The van der Waals surface area contributed by atoms with Gasteiger partial charge in [-0.15, -0.1) is 0 Å². The number of carbonyl (C=O) groups excluding carboxylic acids is 1. The van der Waals surface area contributed by atoms with E-state index in [1.165, 1.54) is 23.8 Å². The second-order valence-electron chi connectivity index (χ2n) is 7.14. The lowest BCUT2D eigenvalue weighted by Crippen LogP contribution is -2.37. The third kappa shape index (κ3) is 4.93. The summed E-state index contributed by atoms with van der Waals surface area (Å²) in [6.07, 6.45) is 5.88. The molecule has 3 rings (SSSR count). The third-order valence-corrected chi connectivity index (χ3v) is 5.12. The summed E-state index contributed by atoms with van der Waals surface area (Å²) >= 11 is 0. The summed E-state index contributed by atoms with van der Waals surface area (Å²) in [4.78, 5) is 40.6. The minimum atomic E-state index is -0.967. The quantitative estimate of drug-likeness (QED) is 0.776. The number of nitrogens with zero attached hydrogens (tertiary/aromatic N) is 2. The molecule has 0 unspecified atom stereocenters. The molecule has 7 nitrogen and oxygen atoms in total. The zero-order valence-corrected chi connectivity index (χ0v) is 15.3. The first-order valence-corrected chi connectivity index (χ1v) is 9.51. The van der Waals surface area contributed by atoms with Gasteiger partial charge in [-0.05, 0) is 30.9 Å². The van der Waals surface area contributed by atoms with Crippen molar-refractivity contribution in [1.29, 1.82) is 0 Å². The smallest absolute Gasteiger partial charge is 0.303 e. The molecule has 1 aromatic carbocycles. The molecule has 1 heterocycles. The molecule has 27 heavy (non-hydrogen) atoms. The van der Waals surface area contributed by atoms with Crippen LogP contribution in [0.1, 0.15) is 44.3 Å². The van der Waals surface area contributed by atoms with Crippen LogP contribution in [0.4, 0.5) is 0 Å². The molecule has 1 aliphatic rings. The average Bonchev–Trinajstić information content (AvgIpc) is 2.68. The molecule has 7 heteroatoms. The summed E-state index contributed by atoms with van der Waals surface area (Å²) < 4.78 is 1.31. The molecule has 144 valence electrons. The molecular formula is C20H25N3O4. The SMILES string of the molecule is O=C(O)CCc1nc2ccccc2c(=O)n1CC(=O)NCC1CCCCC1. The monoisotopic (exact) mass is 371 g/mol. The zero-order chi connectivity index (χ0) is 19.2. The van der Waals surface area contributed by atoms with Gasteiger partial charge in [-0.2, -0.15) is 0 Å². The van der Waals surface area contributed by atoms with Crippen molar-refractivity contribution in [2.24, 2.45) is 5.92 Å². The van der Waals surface area contributed by atoms with Crippen LogP contribution >= 0.6 is 0 Å². The number of aryl methyl sites for hydroxylation is 1. The Morgan fingerprint density at radius 3 is 2.67 bits per heavy atom. The average molecular weight is 371 g/mol. The molecule has 1 amide bonds. The number of aromatic nitrogens is 2. The lowest BCUT2D eigenvalue weighted by Gasteiger charge is -2.22. The molecule has 1 saturated carbocycles. The van der Waals surface area contributed by atoms with Gasteiger partial charge >= 0.3 is 5.97 Å². The van der Waals surface area contributed by atoms with Crippen molar-refractivity contribution in [1.82, 2.24) is 14.9 Å². The number of hydrogen-bond acceptors (Lipinski definition) is 4. The fourth-order valence-corrected chi connectivity index (χ4v) is 3.64. The van der Waals surface area contributed by atoms with Crippen LogP contribution in [0.5, 0.6) is 0 Å². The first-order chi connectivity index (χ1) is 13.0. The summed E-state index contributed by atoms with van der Waals surface area (Å²) in [7, 11) is 0. The molecule has 1 aliphatic carbocycles. The molecule has 0 spiro atoms. The van der Waals surface area contributed by atoms with E-state index >= 15 is 0 Å². The largest absolute Gasteiger partial charge is 0.481 e. The number of nitrogens with one attached hydrogen (secondary N) is 1. The van der Waals surface area contributed by atoms with Gasteiger partial charge < -0.3 is 10.4 Å². The van der Waals surface area contributed by atoms with Crippen molar-refractivity contribution in [2.75, 3.05) is 6.54 Å². The summed E-state index contributed by atoms with van der Waals surface area (Å²) in [5.74, 6) is -0.378. The highest BCUT2D eigenvalue weighted by Crippen LogP contribution is 2.22. The molecule has 0 bridgehead atoms. The number of carboxylic acids is 1. The Labute approximate surface area is 157 Å².